The summed E-state index contributed by atoms with van der Waals surface area (Å²) in [5.41, 5.74) is 1.45. The van der Waals surface area contributed by atoms with Crippen molar-refractivity contribution in [3.8, 4) is 0 Å². The summed E-state index contributed by atoms with van der Waals surface area (Å²) in [7, 11) is 0. The average Bonchev–Trinajstić information content (AvgIpc) is 3.32. The predicted molar refractivity (Wildman–Crippen MR) is 86.4 cm³/mol. The molecule has 2 saturated carbocycles. The Kier molecular flexibility index (Phi) is 4.23. The van der Waals surface area contributed by atoms with Crippen LogP contribution in [0.3, 0.4) is 0 Å². The van der Waals surface area contributed by atoms with Crippen LogP contribution >= 0.6 is 0 Å². The van der Waals surface area contributed by atoms with Gasteiger partial charge in [0.25, 0.3) is 0 Å². The summed E-state index contributed by atoms with van der Waals surface area (Å²) in [5, 5.41) is 0. The number of hydrogen-bond acceptors (Lipinski definition) is 1. The second kappa shape index (κ2) is 5.95. The molecule has 0 bridgehead atoms. The van der Waals surface area contributed by atoms with E-state index in [0.29, 0.717) is 0 Å². The number of rotatable bonds is 7. The molecule has 1 nitrogen and oxygen atoms in total. The molecule has 2 fully saturated rings. The van der Waals surface area contributed by atoms with Gasteiger partial charge in [-0.05, 0) is 68.1 Å². The third-order valence-electron chi connectivity index (χ3n) is 5.39. The minimum absolute atomic E-state index is 0.750. The lowest BCUT2D eigenvalue weighted by molar-refractivity contribution is 0.266. The van der Waals surface area contributed by atoms with Crippen LogP contribution in [0, 0.1) is 29.6 Å². The van der Waals surface area contributed by atoms with Crippen molar-refractivity contribution in [1.82, 2.24) is 4.90 Å². The second-order valence-corrected chi connectivity index (χ2v) is 7.77. The Morgan fingerprint density at radius 2 is 2.05 bits per heavy atom. The van der Waals surface area contributed by atoms with E-state index in [1.165, 1.54) is 57.3 Å². The highest BCUT2D eigenvalue weighted by Gasteiger charge is 2.43. The summed E-state index contributed by atoms with van der Waals surface area (Å²) in [6.45, 7) is 11.6. The minimum Gasteiger partial charge on any atom is -0.375 e. The Balaban J connectivity index is 1.51. The molecule has 0 amide bonds. The van der Waals surface area contributed by atoms with Crippen LogP contribution in [0.4, 0.5) is 0 Å². The van der Waals surface area contributed by atoms with Gasteiger partial charge in [-0.3, -0.25) is 0 Å². The third-order valence-corrected chi connectivity index (χ3v) is 5.39. The van der Waals surface area contributed by atoms with Crippen molar-refractivity contribution in [3.63, 3.8) is 0 Å². The van der Waals surface area contributed by atoms with E-state index in [9.17, 15) is 0 Å². The van der Waals surface area contributed by atoms with E-state index >= 15 is 0 Å². The average molecular weight is 273 g/mol. The van der Waals surface area contributed by atoms with Gasteiger partial charge < -0.3 is 4.90 Å². The van der Waals surface area contributed by atoms with E-state index in [0.717, 1.165) is 29.6 Å². The highest BCUT2D eigenvalue weighted by atomic mass is 15.1. The maximum Gasteiger partial charge on any atom is 0.0206 e. The van der Waals surface area contributed by atoms with Crippen LogP contribution in [-0.4, -0.2) is 18.0 Å². The van der Waals surface area contributed by atoms with Gasteiger partial charge in [-0.1, -0.05) is 32.6 Å². The lowest BCUT2D eigenvalue weighted by Gasteiger charge is -2.29. The summed E-state index contributed by atoms with van der Waals surface area (Å²) < 4.78 is 0. The molecule has 0 N–H and O–H groups in total. The van der Waals surface area contributed by atoms with Crippen LogP contribution in [0.1, 0.15) is 52.4 Å². The van der Waals surface area contributed by atoms with E-state index in [1.54, 1.807) is 0 Å². The summed E-state index contributed by atoms with van der Waals surface area (Å²) in [4.78, 5) is 2.64. The zero-order chi connectivity index (χ0) is 14.1. The molecular formula is C19H31N. The van der Waals surface area contributed by atoms with Crippen molar-refractivity contribution in [2.45, 2.75) is 52.4 Å². The molecule has 3 rings (SSSR count). The van der Waals surface area contributed by atoms with Crippen LogP contribution < -0.4 is 0 Å². The molecule has 0 spiro atoms. The van der Waals surface area contributed by atoms with Gasteiger partial charge in [0.05, 0.1) is 0 Å². The van der Waals surface area contributed by atoms with Crippen LogP contribution in [-0.2, 0) is 0 Å². The molecular weight excluding hydrogens is 242 g/mol. The van der Waals surface area contributed by atoms with Crippen LogP contribution in [0.5, 0.6) is 0 Å². The normalized spacial score (nSPS) is 32.5. The fraction of sp³-hybridized carbons (Fsp3) is 0.789. The molecule has 3 aliphatic carbocycles. The Morgan fingerprint density at radius 3 is 2.65 bits per heavy atom. The molecule has 0 aromatic carbocycles. The largest absolute Gasteiger partial charge is 0.375 e. The Morgan fingerprint density at radius 1 is 1.25 bits per heavy atom. The van der Waals surface area contributed by atoms with Crippen LogP contribution in [0.2, 0.25) is 0 Å². The third kappa shape index (κ3) is 3.48. The van der Waals surface area contributed by atoms with E-state index in [-0.39, 0.29) is 0 Å². The quantitative estimate of drug-likeness (QED) is 0.599. The monoisotopic (exact) mass is 273 g/mol. The van der Waals surface area contributed by atoms with Gasteiger partial charge in [0, 0.05) is 18.8 Å². The van der Waals surface area contributed by atoms with Gasteiger partial charge in [-0.25, -0.2) is 0 Å². The van der Waals surface area contributed by atoms with Gasteiger partial charge in [0.2, 0.25) is 0 Å². The molecule has 0 heterocycles. The fourth-order valence-corrected chi connectivity index (χ4v) is 3.97. The summed E-state index contributed by atoms with van der Waals surface area (Å²) in [5.74, 6) is 4.53. The lowest BCUT2D eigenvalue weighted by Crippen LogP contribution is -2.30. The summed E-state index contributed by atoms with van der Waals surface area (Å²) in [6.07, 6.45) is 13.1. The zero-order valence-corrected chi connectivity index (χ0v) is 13.4. The maximum atomic E-state index is 4.40. The number of nitrogens with zero attached hydrogens (tertiary/aromatic N) is 1. The van der Waals surface area contributed by atoms with E-state index in [1.807, 2.05) is 0 Å². The van der Waals surface area contributed by atoms with Gasteiger partial charge in [-0.15, -0.1) is 0 Å². The van der Waals surface area contributed by atoms with E-state index in [4.69, 9.17) is 0 Å². The van der Waals surface area contributed by atoms with Gasteiger partial charge in [0.1, 0.15) is 0 Å². The van der Waals surface area contributed by atoms with Crippen molar-refractivity contribution in [2.24, 2.45) is 29.6 Å². The maximum absolute atomic E-state index is 4.40. The molecule has 1 heteroatoms. The van der Waals surface area contributed by atoms with Crippen molar-refractivity contribution >= 4 is 0 Å². The second-order valence-electron chi connectivity index (χ2n) is 7.77. The van der Waals surface area contributed by atoms with E-state index in [2.05, 4.69) is 37.5 Å². The standard InChI is InChI=1S/C19H31N/c1-14(2)12-20(15(3)16-9-10-16)13-18-11-19(18)17-7-5-4-6-8-17/h4-5,14,16-19H,3,6-13H2,1-2H3. The molecule has 0 saturated heterocycles. The van der Waals surface area contributed by atoms with Crippen molar-refractivity contribution in [3.05, 3.63) is 24.4 Å². The summed E-state index contributed by atoms with van der Waals surface area (Å²) >= 11 is 0. The molecule has 20 heavy (non-hydrogen) atoms. The van der Waals surface area contributed by atoms with Crippen molar-refractivity contribution < 1.29 is 0 Å². The van der Waals surface area contributed by atoms with Gasteiger partial charge >= 0.3 is 0 Å². The SMILES string of the molecule is C=C(C1CC1)N(CC(C)C)CC1CC1C1CC=CCC1. The molecule has 0 aromatic heterocycles. The molecule has 0 aliphatic heterocycles. The number of allylic oxidation sites excluding steroid dienone is 3. The lowest BCUT2D eigenvalue weighted by atomic mass is 9.89. The summed E-state index contributed by atoms with van der Waals surface area (Å²) in [6, 6.07) is 0. The molecule has 0 aromatic rings. The van der Waals surface area contributed by atoms with Crippen LogP contribution in [0.15, 0.2) is 24.4 Å². The zero-order valence-electron chi connectivity index (χ0n) is 13.4. The minimum atomic E-state index is 0.750. The van der Waals surface area contributed by atoms with Gasteiger partial charge in [-0.2, -0.15) is 0 Å². The van der Waals surface area contributed by atoms with E-state index < -0.39 is 0 Å². The first kappa shape index (κ1) is 14.2. The Bertz CT molecular complexity index is 377. The first-order valence-electron chi connectivity index (χ1n) is 8.74. The smallest absolute Gasteiger partial charge is 0.0206 e. The topological polar surface area (TPSA) is 3.24 Å². The predicted octanol–water partition coefficient (Wildman–Crippen LogP) is 4.86. The number of hydrogen-bond donors (Lipinski definition) is 0. The molecule has 3 unspecified atom stereocenters. The first-order chi connectivity index (χ1) is 9.65. The molecule has 3 aliphatic rings. The first-order valence-corrected chi connectivity index (χ1v) is 8.74. The molecule has 3 atom stereocenters. The molecule has 112 valence electrons. The highest BCUT2D eigenvalue weighted by Crippen LogP contribution is 2.49. The highest BCUT2D eigenvalue weighted by molar-refractivity contribution is 5.09. The Hall–Kier alpha value is -0.720. The van der Waals surface area contributed by atoms with Gasteiger partial charge in [0.15, 0.2) is 0 Å². The fourth-order valence-electron chi connectivity index (χ4n) is 3.97. The van der Waals surface area contributed by atoms with Crippen LogP contribution in [0.25, 0.3) is 0 Å². The Labute approximate surface area is 125 Å². The van der Waals surface area contributed by atoms with Crippen molar-refractivity contribution in [2.75, 3.05) is 13.1 Å². The van der Waals surface area contributed by atoms with Crippen molar-refractivity contribution in [1.29, 1.82) is 0 Å². The molecule has 0 radical (unpaired) electrons.